The fourth-order valence-electron chi connectivity index (χ4n) is 2.79. The van der Waals surface area contributed by atoms with Gasteiger partial charge in [-0.05, 0) is 56.6 Å². The minimum Gasteiger partial charge on any atom is -0.384 e. The van der Waals surface area contributed by atoms with E-state index >= 15 is 0 Å². The molecule has 0 atom stereocenters. The standard InChI is InChI=1S/C16H23BrN2O2/c1-12-9-13(3-4-14(12)17)15(20)19-10-16(11-21-2)5-7-18-8-6-16/h3-4,9,18H,5-8,10-11H2,1-2H3,(H,19,20). The molecule has 0 aliphatic carbocycles. The van der Waals surface area contributed by atoms with Crippen LogP contribution in [0.5, 0.6) is 0 Å². The Hall–Kier alpha value is -0.910. The molecule has 2 N–H and O–H groups in total. The van der Waals surface area contributed by atoms with Crippen LogP contribution in [0.15, 0.2) is 22.7 Å². The van der Waals surface area contributed by atoms with E-state index in [9.17, 15) is 4.79 Å². The fourth-order valence-corrected chi connectivity index (χ4v) is 3.04. The molecule has 1 heterocycles. The molecule has 1 aromatic rings. The molecule has 1 amide bonds. The van der Waals surface area contributed by atoms with Crippen LogP contribution in [-0.4, -0.2) is 39.3 Å². The Morgan fingerprint density at radius 2 is 2.14 bits per heavy atom. The molecular formula is C16H23BrN2O2. The Balaban J connectivity index is 1.99. The number of hydrogen-bond donors (Lipinski definition) is 2. The second-order valence-corrected chi connectivity index (χ2v) is 6.68. The molecule has 0 saturated carbocycles. The zero-order valence-electron chi connectivity index (χ0n) is 12.7. The highest BCUT2D eigenvalue weighted by Crippen LogP contribution is 2.28. The largest absolute Gasteiger partial charge is 0.384 e. The molecule has 1 fully saturated rings. The lowest BCUT2D eigenvalue weighted by Crippen LogP contribution is -2.47. The van der Waals surface area contributed by atoms with Gasteiger partial charge in [0.05, 0.1) is 6.61 Å². The van der Waals surface area contributed by atoms with E-state index in [1.807, 2.05) is 25.1 Å². The molecule has 1 saturated heterocycles. The molecule has 116 valence electrons. The summed E-state index contributed by atoms with van der Waals surface area (Å²) in [7, 11) is 1.73. The molecule has 0 radical (unpaired) electrons. The number of halogens is 1. The number of piperidine rings is 1. The number of nitrogens with one attached hydrogen (secondary N) is 2. The number of hydrogen-bond acceptors (Lipinski definition) is 3. The van der Waals surface area contributed by atoms with Crippen molar-refractivity contribution in [3.63, 3.8) is 0 Å². The second kappa shape index (κ2) is 7.38. The van der Waals surface area contributed by atoms with Crippen LogP contribution < -0.4 is 10.6 Å². The monoisotopic (exact) mass is 354 g/mol. The van der Waals surface area contributed by atoms with Gasteiger partial charge in [0.2, 0.25) is 0 Å². The molecule has 0 unspecified atom stereocenters. The van der Waals surface area contributed by atoms with Gasteiger partial charge < -0.3 is 15.4 Å². The van der Waals surface area contributed by atoms with Crippen LogP contribution in [-0.2, 0) is 4.74 Å². The van der Waals surface area contributed by atoms with E-state index in [0.717, 1.165) is 36.0 Å². The third-order valence-corrected chi connectivity index (χ3v) is 5.05. The van der Waals surface area contributed by atoms with Crippen LogP contribution in [0, 0.1) is 12.3 Å². The summed E-state index contributed by atoms with van der Waals surface area (Å²) in [6, 6.07) is 5.67. The summed E-state index contributed by atoms with van der Waals surface area (Å²) >= 11 is 3.45. The van der Waals surface area contributed by atoms with Gasteiger partial charge in [0, 0.05) is 29.1 Å². The molecule has 1 aromatic carbocycles. The average molecular weight is 355 g/mol. The van der Waals surface area contributed by atoms with Crippen molar-refractivity contribution in [3.8, 4) is 0 Å². The third-order valence-electron chi connectivity index (χ3n) is 4.16. The number of amides is 1. The number of benzene rings is 1. The summed E-state index contributed by atoms with van der Waals surface area (Å²) in [6.07, 6.45) is 2.06. The SMILES string of the molecule is COCC1(CNC(=O)c2ccc(Br)c(C)c2)CCNCC1. The summed E-state index contributed by atoms with van der Waals surface area (Å²) in [5, 5.41) is 6.44. The summed E-state index contributed by atoms with van der Waals surface area (Å²) in [5.41, 5.74) is 1.83. The number of aryl methyl sites for hydroxylation is 1. The zero-order valence-corrected chi connectivity index (χ0v) is 14.3. The summed E-state index contributed by atoms with van der Waals surface area (Å²) < 4.78 is 6.39. The Labute approximate surface area is 134 Å². The molecule has 2 rings (SSSR count). The molecule has 0 bridgehead atoms. The van der Waals surface area contributed by atoms with Gasteiger partial charge in [-0.1, -0.05) is 15.9 Å². The van der Waals surface area contributed by atoms with Gasteiger partial charge in [0.1, 0.15) is 0 Å². The fraction of sp³-hybridized carbons (Fsp3) is 0.562. The number of ether oxygens (including phenoxy) is 1. The van der Waals surface area contributed by atoms with E-state index < -0.39 is 0 Å². The predicted octanol–water partition coefficient (Wildman–Crippen LogP) is 2.50. The summed E-state index contributed by atoms with van der Waals surface area (Å²) in [6.45, 7) is 5.30. The predicted molar refractivity (Wildman–Crippen MR) is 87.6 cm³/mol. The number of carbonyl (C=O) groups is 1. The highest BCUT2D eigenvalue weighted by molar-refractivity contribution is 9.10. The molecule has 1 aliphatic rings. The Kier molecular flexibility index (Phi) is 5.79. The molecule has 0 aromatic heterocycles. The van der Waals surface area contributed by atoms with E-state index in [1.54, 1.807) is 7.11 Å². The maximum atomic E-state index is 12.3. The van der Waals surface area contributed by atoms with Crippen LogP contribution in [0.25, 0.3) is 0 Å². The topological polar surface area (TPSA) is 50.4 Å². The van der Waals surface area contributed by atoms with Crippen LogP contribution in [0.4, 0.5) is 0 Å². The number of rotatable bonds is 5. The smallest absolute Gasteiger partial charge is 0.251 e. The molecule has 21 heavy (non-hydrogen) atoms. The maximum Gasteiger partial charge on any atom is 0.251 e. The van der Waals surface area contributed by atoms with Gasteiger partial charge in [-0.15, -0.1) is 0 Å². The molecule has 0 spiro atoms. The lowest BCUT2D eigenvalue weighted by molar-refractivity contribution is 0.0511. The van der Waals surface area contributed by atoms with Crippen molar-refractivity contribution >= 4 is 21.8 Å². The lowest BCUT2D eigenvalue weighted by Gasteiger charge is -2.37. The minimum absolute atomic E-state index is 0.0142. The Morgan fingerprint density at radius 3 is 2.76 bits per heavy atom. The molecular weight excluding hydrogens is 332 g/mol. The van der Waals surface area contributed by atoms with Crippen molar-refractivity contribution in [2.24, 2.45) is 5.41 Å². The third kappa shape index (κ3) is 4.28. The normalized spacial score (nSPS) is 17.5. The van der Waals surface area contributed by atoms with Crippen molar-refractivity contribution < 1.29 is 9.53 Å². The first-order chi connectivity index (χ1) is 10.1. The van der Waals surface area contributed by atoms with Crippen LogP contribution in [0.1, 0.15) is 28.8 Å². The van der Waals surface area contributed by atoms with Crippen LogP contribution in [0.3, 0.4) is 0 Å². The molecule has 4 nitrogen and oxygen atoms in total. The highest BCUT2D eigenvalue weighted by Gasteiger charge is 2.32. The van der Waals surface area contributed by atoms with Gasteiger partial charge in [-0.2, -0.15) is 0 Å². The number of methoxy groups -OCH3 is 1. The second-order valence-electron chi connectivity index (χ2n) is 5.83. The van der Waals surface area contributed by atoms with E-state index in [2.05, 4.69) is 26.6 Å². The van der Waals surface area contributed by atoms with Gasteiger partial charge >= 0.3 is 0 Å². The van der Waals surface area contributed by atoms with Crippen molar-refractivity contribution in [2.75, 3.05) is 33.4 Å². The van der Waals surface area contributed by atoms with Crippen LogP contribution in [0.2, 0.25) is 0 Å². The first kappa shape index (κ1) is 16.5. The van der Waals surface area contributed by atoms with Crippen LogP contribution >= 0.6 is 15.9 Å². The highest BCUT2D eigenvalue weighted by atomic mass is 79.9. The van der Waals surface area contributed by atoms with Crippen molar-refractivity contribution in [1.82, 2.24) is 10.6 Å². The van der Waals surface area contributed by atoms with Gasteiger partial charge in [0.15, 0.2) is 0 Å². The van der Waals surface area contributed by atoms with E-state index in [0.29, 0.717) is 18.7 Å². The van der Waals surface area contributed by atoms with E-state index in [-0.39, 0.29) is 11.3 Å². The van der Waals surface area contributed by atoms with Gasteiger partial charge in [0.25, 0.3) is 5.91 Å². The molecule has 1 aliphatic heterocycles. The van der Waals surface area contributed by atoms with Crippen molar-refractivity contribution in [3.05, 3.63) is 33.8 Å². The maximum absolute atomic E-state index is 12.3. The average Bonchev–Trinajstić information content (AvgIpc) is 2.49. The van der Waals surface area contributed by atoms with Gasteiger partial charge in [-0.3, -0.25) is 4.79 Å². The van der Waals surface area contributed by atoms with Gasteiger partial charge in [-0.25, -0.2) is 0 Å². The quantitative estimate of drug-likeness (QED) is 0.853. The Bertz CT molecular complexity index is 494. The van der Waals surface area contributed by atoms with E-state index in [1.165, 1.54) is 0 Å². The molecule has 5 heteroatoms. The summed E-state index contributed by atoms with van der Waals surface area (Å²) in [5.74, 6) is -0.0142. The van der Waals surface area contributed by atoms with E-state index in [4.69, 9.17) is 4.74 Å². The Morgan fingerprint density at radius 1 is 1.43 bits per heavy atom. The first-order valence-electron chi connectivity index (χ1n) is 7.30. The lowest BCUT2D eigenvalue weighted by atomic mass is 9.79. The summed E-state index contributed by atoms with van der Waals surface area (Å²) in [4.78, 5) is 12.3. The minimum atomic E-state index is -0.0142. The van der Waals surface area contributed by atoms with Crippen molar-refractivity contribution in [1.29, 1.82) is 0 Å². The van der Waals surface area contributed by atoms with Crippen molar-refractivity contribution in [2.45, 2.75) is 19.8 Å². The first-order valence-corrected chi connectivity index (χ1v) is 8.10. The number of carbonyl (C=O) groups excluding carboxylic acids is 1. The zero-order chi connectivity index (χ0) is 15.3.